The van der Waals surface area contributed by atoms with Crippen molar-refractivity contribution in [1.82, 2.24) is 25.4 Å². The average Bonchev–Trinajstić information content (AvgIpc) is 3.36. The maximum Gasteiger partial charge on any atom is 0.251 e. The number of nitrogens with zero attached hydrogens (tertiary/aromatic N) is 3. The molecule has 1 amide bonds. The number of carbonyl (C=O) groups is 1. The zero-order valence-corrected chi connectivity index (χ0v) is 14.6. The minimum atomic E-state index is -0.0175. The van der Waals surface area contributed by atoms with Crippen LogP contribution in [-0.4, -0.2) is 51.2 Å². The van der Waals surface area contributed by atoms with Gasteiger partial charge in [-0.25, -0.2) is 4.98 Å². The Morgan fingerprint density at radius 2 is 1.96 bits per heavy atom. The van der Waals surface area contributed by atoms with E-state index in [0.717, 1.165) is 24.7 Å². The quantitative estimate of drug-likeness (QED) is 0.896. The van der Waals surface area contributed by atoms with Crippen LogP contribution in [0, 0.1) is 6.92 Å². The highest BCUT2D eigenvalue weighted by Crippen LogP contribution is 2.32. The van der Waals surface area contributed by atoms with E-state index in [1.807, 2.05) is 37.3 Å². The number of aryl methyl sites for hydroxylation is 1. The molecule has 1 saturated carbocycles. The fourth-order valence-electron chi connectivity index (χ4n) is 4.18. The summed E-state index contributed by atoms with van der Waals surface area (Å²) in [5.41, 5.74) is 0.701. The summed E-state index contributed by atoms with van der Waals surface area (Å²) in [4.78, 5) is 19.7. The molecule has 132 valence electrons. The molecule has 6 heteroatoms. The summed E-state index contributed by atoms with van der Waals surface area (Å²) in [7, 11) is 0. The maximum absolute atomic E-state index is 12.6. The summed E-state index contributed by atoms with van der Waals surface area (Å²) in [6.07, 6.45) is 5.15. The van der Waals surface area contributed by atoms with Crippen LogP contribution in [0.4, 0.5) is 0 Å². The van der Waals surface area contributed by atoms with Gasteiger partial charge in [0, 0.05) is 24.7 Å². The average molecular weight is 339 g/mol. The van der Waals surface area contributed by atoms with E-state index in [2.05, 4.69) is 25.4 Å². The number of amides is 1. The summed E-state index contributed by atoms with van der Waals surface area (Å²) < 4.78 is 0. The number of H-pyrrole nitrogens is 1. The van der Waals surface area contributed by atoms with Crippen LogP contribution in [0.2, 0.25) is 0 Å². The van der Waals surface area contributed by atoms with E-state index in [1.54, 1.807) is 0 Å². The van der Waals surface area contributed by atoms with Gasteiger partial charge in [-0.05, 0) is 31.9 Å². The molecule has 2 fully saturated rings. The van der Waals surface area contributed by atoms with Gasteiger partial charge in [-0.15, -0.1) is 0 Å². The number of hydrogen-bond donors (Lipinski definition) is 2. The molecule has 1 aromatic carbocycles. The van der Waals surface area contributed by atoms with Gasteiger partial charge in [0.2, 0.25) is 0 Å². The Labute approximate surface area is 148 Å². The largest absolute Gasteiger partial charge is 0.347 e. The second-order valence-electron chi connectivity index (χ2n) is 7.22. The van der Waals surface area contributed by atoms with Crippen molar-refractivity contribution in [2.45, 2.75) is 50.6 Å². The van der Waals surface area contributed by atoms with E-state index in [0.29, 0.717) is 11.6 Å². The Morgan fingerprint density at radius 3 is 2.64 bits per heavy atom. The molecule has 1 saturated heterocycles. The SMILES string of the molecule is Cc1nc([C@@H]2CN(C3CCCC3)C[C@H]2NC(=O)c2ccccc2)n[nH]1. The van der Waals surface area contributed by atoms with Crippen molar-refractivity contribution in [1.29, 1.82) is 0 Å². The van der Waals surface area contributed by atoms with Crippen molar-refractivity contribution in [3.63, 3.8) is 0 Å². The molecular formula is C19H25N5O. The Kier molecular flexibility index (Phi) is 4.53. The van der Waals surface area contributed by atoms with Gasteiger partial charge >= 0.3 is 0 Å². The molecule has 2 aliphatic rings. The van der Waals surface area contributed by atoms with E-state index >= 15 is 0 Å². The van der Waals surface area contributed by atoms with Gasteiger partial charge in [-0.1, -0.05) is 31.0 Å². The lowest BCUT2D eigenvalue weighted by molar-refractivity contribution is 0.0933. The van der Waals surface area contributed by atoms with Crippen LogP contribution in [0.3, 0.4) is 0 Å². The van der Waals surface area contributed by atoms with Crippen LogP contribution >= 0.6 is 0 Å². The smallest absolute Gasteiger partial charge is 0.251 e. The third kappa shape index (κ3) is 3.44. The molecule has 0 unspecified atom stereocenters. The molecule has 4 rings (SSSR count). The van der Waals surface area contributed by atoms with Crippen molar-refractivity contribution in [2.24, 2.45) is 0 Å². The summed E-state index contributed by atoms with van der Waals surface area (Å²) >= 11 is 0. The molecule has 25 heavy (non-hydrogen) atoms. The van der Waals surface area contributed by atoms with Crippen LogP contribution in [-0.2, 0) is 0 Å². The highest BCUT2D eigenvalue weighted by molar-refractivity contribution is 5.94. The van der Waals surface area contributed by atoms with E-state index in [4.69, 9.17) is 0 Å². The fourth-order valence-corrected chi connectivity index (χ4v) is 4.18. The van der Waals surface area contributed by atoms with Crippen molar-refractivity contribution < 1.29 is 4.79 Å². The van der Waals surface area contributed by atoms with E-state index < -0.39 is 0 Å². The Bertz CT molecular complexity index is 722. The van der Waals surface area contributed by atoms with Crippen molar-refractivity contribution in [3.05, 3.63) is 47.5 Å². The summed E-state index contributed by atoms with van der Waals surface area (Å²) in [6, 6.07) is 10.1. The van der Waals surface area contributed by atoms with Gasteiger partial charge in [0.1, 0.15) is 5.82 Å². The topological polar surface area (TPSA) is 73.9 Å². The molecular weight excluding hydrogens is 314 g/mol. The van der Waals surface area contributed by atoms with E-state index in [-0.39, 0.29) is 17.9 Å². The Morgan fingerprint density at radius 1 is 1.20 bits per heavy atom. The molecule has 2 heterocycles. The first-order valence-corrected chi connectivity index (χ1v) is 9.19. The molecule has 6 nitrogen and oxygen atoms in total. The van der Waals surface area contributed by atoms with Gasteiger partial charge < -0.3 is 5.32 Å². The lowest BCUT2D eigenvalue weighted by atomic mass is 10.0. The van der Waals surface area contributed by atoms with E-state index in [1.165, 1.54) is 25.7 Å². The first-order valence-electron chi connectivity index (χ1n) is 9.19. The number of nitrogens with one attached hydrogen (secondary N) is 2. The number of benzene rings is 1. The minimum absolute atomic E-state index is 0.0175. The summed E-state index contributed by atoms with van der Waals surface area (Å²) in [5, 5.41) is 10.6. The third-order valence-corrected chi connectivity index (χ3v) is 5.49. The monoisotopic (exact) mass is 339 g/mol. The van der Waals surface area contributed by atoms with Crippen LogP contribution in [0.15, 0.2) is 30.3 Å². The normalized spacial score (nSPS) is 24.7. The van der Waals surface area contributed by atoms with Crippen molar-refractivity contribution in [2.75, 3.05) is 13.1 Å². The third-order valence-electron chi connectivity index (χ3n) is 5.49. The van der Waals surface area contributed by atoms with Gasteiger partial charge in [0.25, 0.3) is 5.91 Å². The first kappa shape index (κ1) is 16.3. The zero-order chi connectivity index (χ0) is 17.2. The lowest BCUT2D eigenvalue weighted by Crippen LogP contribution is -2.41. The molecule has 2 atom stereocenters. The second kappa shape index (κ2) is 6.96. The molecule has 1 aliphatic heterocycles. The van der Waals surface area contributed by atoms with Crippen molar-refractivity contribution >= 4 is 5.91 Å². The van der Waals surface area contributed by atoms with Crippen LogP contribution in [0.25, 0.3) is 0 Å². The first-order chi connectivity index (χ1) is 12.2. The minimum Gasteiger partial charge on any atom is -0.347 e. The zero-order valence-electron chi connectivity index (χ0n) is 14.6. The highest BCUT2D eigenvalue weighted by atomic mass is 16.1. The highest BCUT2D eigenvalue weighted by Gasteiger charge is 2.40. The Hall–Kier alpha value is -2.21. The second-order valence-corrected chi connectivity index (χ2v) is 7.22. The number of aromatic amines is 1. The van der Waals surface area contributed by atoms with Gasteiger partial charge in [-0.3, -0.25) is 14.8 Å². The Balaban J connectivity index is 1.53. The number of carbonyl (C=O) groups excluding carboxylic acids is 1. The van der Waals surface area contributed by atoms with Crippen LogP contribution in [0.1, 0.15) is 53.6 Å². The maximum atomic E-state index is 12.6. The lowest BCUT2D eigenvalue weighted by Gasteiger charge is -2.23. The van der Waals surface area contributed by atoms with Gasteiger partial charge in [0.05, 0.1) is 12.0 Å². The fraction of sp³-hybridized carbons (Fsp3) is 0.526. The molecule has 1 aliphatic carbocycles. The predicted octanol–water partition coefficient (Wildman–Crippen LogP) is 2.25. The number of aromatic nitrogens is 3. The molecule has 1 aromatic heterocycles. The number of likely N-dealkylation sites (tertiary alicyclic amines) is 1. The predicted molar refractivity (Wildman–Crippen MR) is 95.4 cm³/mol. The van der Waals surface area contributed by atoms with Crippen LogP contribution < -0.4 is 5.32 Å². The number of rotatable bonds is 4. The summed E-state index contributed by atoms with van der Waals surface area (Å²) in [5.74, 6) is 1.76. The van der Waals surface area contributed by atoms with Gasteiger partial charge in [-0.2, -0.15) is 5.10 Å². The standard InChI is InChI=1S/C19H25N5O/c1-13-20-18(23-22-13)16-11-24(15-9-5-6-10-15)12-17(16)21-19(25)14-7-3-2-4-8-14/h2-4,7-8,15-17H,5-6,9-12H2,1H3,(H,21,25)(H,20,22,23)/t16-,17-/m1/s1. The van der Waals surface area contributed by atoms with Gasteiger partial charge in [0.15, 0.2) is 5.82 Å². The molecule has 0 radical (unpaired) electrons. The summed E-state index contributed by atoms with van der Waals surface area (Å²) in [6.45, 7) is 3.71. The molecule has 2 aromatic rings. The van der Waals surface area contributed by atoms with Crippen molar-refractivity contribution in [3.8, 4) is 0 Å². The van der Waals surface area contributed by atoms with E-state index in [9.17, 15) is 4.79 Å². The molecule has 2 N–H and O–H groups in total. The number of hydrogen-bond acceptors (Lipinski definition) is 4. The molecule has 0 bridgehead atoms. The van der Waals surface area contributed by atoms with Crippen LogP contribution in [0.5, 0.6) is 0 Å². The molecule has 0 spiro atoms.